The van der Waals surface area contributed by atoms with Crippen molar-refractivity contribution in [2.24, 2.45) is 11.8 Å². The maximum absolute atomic E-state index is 5.18. The highest BCUT2D eigenvalue weighted by atomic mass is 79.9. The molecular formula is C19H33BrN4O. The molecule has 0 unspecified atom stereocenters. The molecule has 1 aliphatic rings. The van der Waals surface area contributed by atoms with E-state index < -0.39 is 0 Å². The summed E-state index contributed by atoms with van der Waals surface area (Å²) in [6.45, 7) is 7.47. The Bertz CT molecular complexity index is 463. The number of anilines is 1. The lowest BCUT2D eigenvalue weighted by atomic mass is 9.80. The van der Waals surface area contributed by atoms with Gasteiger partial charge in [-0.15, -0.1) is 0 Å². The molecule has 0 spiro atoms. The summed E-state index contributed by atoms with van der Waals surface area (Å²) >= 11 is 3.36. The smallest absolute Gasteiger partial charge is 0.222 e. The molecule has 0 amide bonds. The molecule has 1 aromatic rings. The van der Waals surface area contributed by atoms with Gasteiger partial charge in [0, 0.05) is 32.6 Å². The van der Waals surface area contributed by atoms with Crippen molar-refractivity contribution in [3.8, 4) is 0 Å². The third kappa shape index (κ3) is 8.01. The normalized spacial score (nSPS) is 20.8. The highest BCUT2D eigenvalue weighted by molar-refractivity contribution is 9.10. The van der Waals surface area contributed by atoms with Crippen LogP contribution in [-0.4, -0.2) is 54.8 Å². The molecule has 1 N–H and O–H groups in total. The van der Waals surface area contributed by atoms with Gasteiger partial charge in [-0.3, -0.25) is 0 Å². The summed E-state index contributed by atoms with van der Waals surface area (Å²) in [5.74, 6) is 2.42. The molecule has 1 heterocycles. The first kappa shape index (κ1) is 20.6. The molecule has 25 heavy (non-hydrogen) atoms. The van der Waals surface area contributed by atoms with Gasteiger partial charge in [-0.25, -0.2) is 9.97 Å². The number of aromatic nitrogens is 2. The van der Waals surface area contributed by atoms with Crippen molar-refractivity contribution in [2.75, 3.05) is 45.2 Å². The van der Waals surface area contributed by atoms with Crippen LogP contribution in [0, 0.1) is 11.8 Å². The maximum Gasteiger partial charge on any atom is 0.222 e. The highest BCUT2D eigenvalue weighted by Crippen LogP contribution is 2.31. The molecule has 0 aromatic carbocycles. The van der Waals surface area contributed by atoms with Crippen LogP contribution in [0.1, 0.15) is 45.4 Å². The maximum atomic E-state index is 5.18. The first-order chi connectivity index (χ1) is 12.2. The van der Waals surface area contributed by atoms with Gasteiger partial charge in [-0.05, 0) is 66.5 Å². The molecule has 142 valence electrons. The van der Waals surface area contributed by atoms with Crippen LogP contribution in [-0.2, 0) is 4.74 Å². The van der Waals surface area contributed by atoms with Crippen LogP contribution in [0.15, 0.2) is 16.9 Å². The molecule has 0 atom stereocenters. The second-order valence-electron chi connectivity index (χ2n) is 7.06. The Kier molecular flexibility index (Phi) is 9.73. The van der Waals surface area contributed by atoms with E-state index in [1.807, 2.05) is 0 Å². The van der Waals surface area contributed by atoms with Crippen molar-refractivity contribution in [3.63, 3.8) is 0 Å². The van der Waals surface area contributed by atoms with Crippen molar-refractivity contribution in [1.82, 2.24) is 14.9 Å². The lowest BCUT2D eigenvalue weighted by Gasteiger charge is -2.29. The van der Waals surface area contributed by atoms with E-state index in [1.165, 1.54) is 45.1 Å². The molecule has 1 fully saturated rings. The Labute approximate surface area is 161 Å². The number of hydrogen-bond donors (Lipinski definition) is 1. The van der Waals surface area contributed by atoms with Gasteiger partial charge in [0.05, 0.1) is 11.1 Å². The Morgan fingerprint density at radius 3 is 2.48 bits per heavy atom. The Balaban J connectivity index is 1.57. The minimum Gasteiger partial charge on any atom is -0.383 e. The second kappa shape index (κ2) is 11.8. The molecule has 2 rings (SSSR count). The zero-order valence-electron chi connectivity index (χ0n) is 15.7. The van der Waals surface area contributed by atoms with Gasteiger partial charge in [-0.1, -0.05) is 19.8 Å². The van der Waals surface area contributed by atoms with Crippen molar-refractivity contribution < 1.29 is 4.74 Å². The number of nitrogens with zero attached hydrogens (tertiary/aromatic N) is 3. The van der Waals surface area contributed by atoms with E-state index >= 15 is 0 Å². The van der Waals surface area contributed by atoms with Crippen molar-refractivity contribution in [3.05, 3.63) is 16.9 Å². The fourth-order valence-electron chi connectivity index (χ4n) is 3.62. The van der Waals surface area contributed by atoms with Crippen LogP contribution in [0.25, 0.3) is 0 Å². The molecule has 0 aliphatic heterocycles. The average Bonchev–Trinajstić information content (AvgIpc) is 2.65. The van der Waals surface area contributed by atoms with Crippen LogP contribution in [0.2, 0.25) is 0 Å². The van der Waals surface area contributed by atoms with Gasteiger partial charge in [0.25, 0.3) is 0 Å². The fraction of sp³-hybridized carbons (Fsp3) is 0.789. The van der Waals surface area contributed by atoms with E-state index in [-0.39, 0.29) is 0 Å². The molecule has 0 saturated heterocycles. The zero-order valence-corrected chi connectivity index (χ0v) is 17.3. The summed E-state index contributed by atoms with van der Waals surface area (Å²) in [6.07, 6.45) is 11.7. The van der Waals surface area contributed by atoms with Gasteiger partial charge < -0.3 is 15.0 Å². The third-order valence-corrected chi connectivity index (χ3v) is 5.69. The summed E-state index contributed by atoms with van der Waals surface area (Å²) < 4.78 is 6.10. The van der Waals surface area contributed by atoms with E-state index in [0.29, 0.717) is 0 Å². The minimum absolute atomic E-state index is 0.737. The Morgan fingerprint density at radius 2 is 1.84 bits per heavy atom. The van der Waals surface area contributed by atoms with Crippen LogP contribution in [0.5, 0.6) is 0 Å². The molecule has 0 radical (unpaired) electrons. The SMILES string of the molecule is CCN(CCCC1CCC(CNc2ncc(Br)cn2)CC1)CCOC. The van der Waals surface area contributed by atoms with Crippen molar-refractivity contribution in [2.45, 2.75) is 45.4 Å². The van der Waals surface area contributed by atoms with E-state index in [4.69, 9.17) is 4.74 Å². The van der Waals surface area contributed by atoms with Crippen LogP contribution in [0.3, 0.4) is 0 Å². The monoisotopic (exact) mass is 412 g/mol. The number of rotatable bonds is 11. The summed E-state index contributed by atoms with van der Waals surface area (Å²) in [5, 5.41) is 3.38. The summed E-state index contributed by atoms with van der Waals surface area (Å²) in [5.41, 5.74) is 0. The molecule has 6 heteroatoms. The molecular weight excluding hydrogens is 380 g/mol. The number of nitrogens with one attached hydrogen (secondary N) is 1. The quantitative estimate of drug-likeness (QED) is 0.589. The first-order valence-corrected chi connectivity index (χ1v) is 10.4. The van der Waals surface area contributed by atoms with E-state index in [0.717, 1.165) is 48.5 Å². The predicted molar refractivity (Wildman–Crippen MR) is 107 cm³/mol. The van der Waals surface area contributed by atoms with Crippen molar-refractivity contribution >= 4 is 21.9 Å². The van der Waals surface area contributed by atoms with Crippen LogP contribution in [0.4, 0.5) is 5.95 Å². The summed E-state index contributed by atoms with van der Waals surface area (Å²) in [4.78, 5) is 11.1. The van der Waals surface area contributed by atoms with Gasteiger partial charge in [-0.2, -0.15) is 0 Å². The van der Waals surface area contributed by atoms with E-state index in [2.05, 4.69) is 43.0 Å². The molecule has 5 nitrogen and oxygen atoms in total. The lowest BCUT2D eigenvalue weighted by molar-refractivity contribution is 0.147. The topological polar surface area (TPSA) is 50.3 Å². The average molecular weight is 413 g/mol. The summed E-state index contributed by atoms with van der Waals surface area (Å²) in [7, 11) is 1.78. The standard InChI is InChI=1S/C19H33BrN4O/c1-3-24(11-12-25-2)10-4-5-16-6-8-17(9-7-16)13-21-19-22-14-18(20)15-23-19/h14-17H,3-13H2,1-2H3,(H,21,22,23). The fourth-order valence-corrected chi connectivity index (χ4v) is 3.82. The number of ether oxygens (including phenoxy) is 1. The molecule has 0 bridgehead atoms. The predicted octanol–water partition coefficient (Wildman–Crippen LogP) is 4.21. The van der Waals surface area contributed by atoms with Gasteiger partial charge >= 0.3 is 0 Å². The number of hydrogen-bond acceptors (Lipinski definition) is 5. The highest BCUT2D eigenvalue weighted by Gasteiger charge is 2.21. The Morgan fingerprint density at radius 1 is 1.16 bits per heavy atom. The Hall–Kier alpha value is -0.720. The van der Waals surface area contributed by atoms with E-state index in [9.17, 15) is 0 Å². The van der Waals surface area contributed by atoms with Gasteiger partial charge in [0.1, 0.15) is 0 Å². The molecule has 1 aromatic heterocycles. The lowest BCUT2D eigenvalue weighted by Crippen LogP contribution is -2.29. The number of likely N-dealkylation sites (N-methyl/N-ethyl adjacent to an activating group) is 1. The van der Waals surface area contributed by atoms with Gasteiger partial charge in [0.15, 0.2) is 0 Å². The molecule has 1 saturated carbocycles. The van der Waals surface area contributed by atoms with E-state index in [1.54, 1.807) is 19.5 Å². The minimum atomic E-state index is 0.737. The number of halogens is 1. The molecule has 1 aliphatic carbocycles. The van der Waals surface area contributed by atoms with Crippen LogP contribution >= 0.6 is 15.9 Å². The second-order valence-corrected chi connectivity index (χ2v) is 7.98. The number of methoxy groups -OCH3 is 1. The largest absolute Gasteiger partial charge is 0.383 e. The first-order valence-electron chi connectivity index (χ1n) is 9.64. The summed E-state index contributed by atoms with van der Waals surface area (Å²) in [6, 6.07) is 0. The van der Waals surface area contributed by atoms with Gasteiger partial charge in [0.2, 0.25) is 5.95 Å². The zero-order chi connectivity index (χ0) is 17.9. The van der Waals surface area contributed by atoms with Crippen LogP contribution < -0.4 is 5.32 Å². The third-order valence-electron chi connectivity index (χ3n) is 5.28. The van der Waals surface area contributed by atoms with Crippen molar-refractivity contribution in [1.29, 1.82) is 0 Å².